The molecule has 0 aromatic heterocycles. The van der Waals surface area contributed by atoms with Crippen molar-refractivity contribution in [3.63, 3.8) is 0 Å². The van der Waals surface area contributed by atoms with E-state index in [0.717, 1.165) is 0 Å². The van der Waals surface area contributed by atoms with E-state index in [0.29, 0.717) is 0 Å². The van der Waals surface area contributed by atoms with E-state index >= 15 is 0 Å². The van der Waals surface area contributed by atoms with E-state index in [4.69, 9.17) is 10.2 Å². The summed E-state index contributed by atoms with van der Waals surface area (Å²) in [4.78, 5) is 0. The molecule has 3 heteroatoms. The first-order chi connectivity index (χ1) is 4.41. The van der Waals surface area contributed by atoms with E-state index in [1.807, 2.05) is 0 Å². The molecule has 0 unspecified atom stereocenters. The van der Waals surface area contributed by atoms with Crippen LogP contribution in [0.15, 0.2) is 0 Å². The fourth-order valence-corrected chi connectivity index (χ4v) is 0.625. The van der Waals surface area contributed by atoms with Gasteiger partial charge < -0.3 is 15.5 Å². The average Bonchev–Trinajstić information content (AvgIpc) is 2.43. The number of aliphatic hydroxyl groups is 2. The molecular formula is C6H15NO2. The summed E-state index contributed by atoms with van der Waals surface area (Å²) in [5.74, 6) is 0. The summed E-state index contributed by atoms with van der Waals surface area (Å²) in [5.41, 5.74) is 0. The van der Waals surface area contributed by atoms with Gasteiger partial charge in [0.1, 0.15) is 0 Å². The van der Waals surface area contributed by atoms with Crippen LogP contribution in [0.5, 0.6) is 0 Å². The fourth-order valence-electron chi connectivity index (χ4n) is 0.625. The van der Waals surface area contributed by atoms with Crippen LogP contribution in [0.3, 0.4) is 0 Å². The van der Waals surface area contributed by atoms with E-state index < -0.39 is 0 Å². The van der Waals surface area contributed by atoms with Gasteiger partial charge in [-0.15, -0.1) is 0 Å². The lowest BCUT2D eigenvalue weighted by atomic mass is 10.4. The highest BCUT2D eigenvalue weighted by atomic mass is 16.3. The zero-order valence-electron chi connectivity index (χ0n) is 5.64. The lowest BCUT2D eigenvalue weighted by Crippen LogP contribution is -2.03. The topological polar surface area (TPSA) is 52.5 Å². The van der Waals surface area contributed by atoms with Crippen molar-refractivity contribution in [2.75, 3.05) is 26.3 Å². The Labute approximate surface area is 55.7 Å². The van der Waals surface area contributed by atoms with Crippen LogP contribution >= 0.6 is 0 Å². The molecule has 56 valence electrons. The van der Waals surface area contributed by atoms with Crippen molar-refractivity contribution in [2.24, 2.45) is 0 Å². The predicted molar refractivity (Wildman–Crippen MR) is 36.3 cm³/mol. The minimum atomic E-state index is -0.125. The van der Waals surface area contributed by atoms with Crippen molar-refractivity contribution in [3.05, 3.63) is 0 Å². The number of nitrogens with one attached hydrogen (secondary N) is 1. The molecule has 9 heavy (non-hydrogen) atoms. The minimum absolute atomic E-state index is 0.125. The Morgan fingerprint density at radius 3 is 1.56 bits per heavy atom. The van der Waals surface area contributed by atoms with Crippen molar-refractivity contribution in [2.45, 2.75) is 12.8 Å². The van der Waals surface area contributed by atoms with Crippen molar-refractivity contribution >= 4 is 0 Å². The van der Waals surface area contributed by atoms with E-state index in [1.165, 1.54) is 25.9 Å². The van der Waals surface area contributed by atoms with Gasteiger partial charge in [-0.3, -0.25) is 0 Å². The molecule has 0 atom stereocenters. The maximum absolute atomic E-state index is 7.62. The molecule has 0 saturated carbocycles. The first-order valence-electron chi connectivity index (χ1n) is 3.34. The van der Waals surface area contributed by atoms with Crippen LogP contribution in [0.2, 0.25) is 0 Å². The van der Waals surface area contributed by atoms with Crippen molar-refractivity contribution in [1.29, 1.82) is 0 Å². The average molecular weight is 133 g/mol. The Morgan fingerprint density at radius 1 is 1.00 bits per heavy atom. The monoisotopic (exact) mass is 133 g/mol. The summed E-state index contributed by atoms with van der Waals surface area (Å²) in [6.07, 6.45) is 2.78. The Hall–Kier alpha value is -0.120. The molecule has 3 N–H and O–H groups in total. The van der Waals surface area contributed by atoms with Gasteiger partial charge in [0.2, 0.25) is 0 Å². The minimum Gasteiger partial charge on any atom is -0.394 e. The van der Waals surface area contributed by atoms with Gasteiger partial charge in [0.25, 0.3) is 0 Å². The second kappa shape index (κ2) is 7.88. The zero-order valence-corrected chi connectivity index (χ0v) is 5.64. The van der Waals surface area contributed by atoms with Gasteiger partial charge in [0.05, 0.1) is 13.2 Å². The third-order valence-corrected chi connectivity index (χ3v) is 1.06. The Morgan fingerprint density at radius 2 is 1.44 bits per heavy atom. The summed E-state index contributed by atoms with van der Waals surface area (Å²) in [5, 5.41) is 18.5. The zero-order chi connectivity index (χ0) is 6.95. The molecule has 1 rings (SSSR count). The molecule has 1 aliphatic heterocycles. The normalized spacial score (nSPS) is 16.7. The summed E-state index contributed by atoms with van der Waals surface area (Å²) < 4.78 is 0. The second-order valence-electron chi connectivity index (χ2n) is 1.90. The quantitative estimate of drug-likeness (QED) is 0.445. The molecule has 1 saturated heterocycles. The van der Waals surface area contributed by atoms with E-state index in [2.05, 4.69) is 5.32 Å². The molecule has 1 fully saturated rings. The lowest BCUT2D eigenvalue weighted by Gasteiger charge is -1.76. The molecule has 1 heterocycles. The smallest absolute Gasteiger partial charge is 0.0662 e. The van der Waals surface area contributed by atoms with Gasteiger partial charge in [-0.1, -0.05) is 0 Å². The molecule has 1 aliphatic rings. The van der Waals surface area contributed by atoms with Crippen LogP contribution in [0.4, 0.5) is 0 Å². The maximum Gasteiger partial charge on any atom is 0.0662 e. The molecule has 0 bridgehead atoms. The molecule has 0 amide bonds. The molecule has 0 aromatic rings. The maximum atomic E-state index is 7.62. The number of rotatable bonds is 1. The van der Waals surface area contributed by atoms with E-state index in [-0.39, 0.29) is 13.2 Å². The first kappa shape index (κ1) is 8.88. The molecule has 0 aromatic carbocycles. The van der Waals surface area contributed by atoms with Crippen LogP contribution in [0.25, 0.3) is 0 Å². The van der Waals surface area contributed by atoms with Crippen LogP contribution in [-0.4, -0.2) is 36.5 Å². The predicted octanol–water partition coefficient (Wildman–Crippen LogP) is -0.659. The van der Waals surface area contributed by atoms with E-state index in [1.54, 1.807) is 0 Å². The summed E-state index contributed by atoms with van der Waals surface area (Å²) in [6.45, 7) is 2.25. The number of hydrogen-bond donors (Lipinski definition) is 3. The van der Waals surface area contributed by atoms with Crippen LogP contribution < -0.4 is 5.32 Å². The Bertz CT molecular complexity index is 36.7. The Balaban J connectivity index is 0.000000148. The SMILES string of the molecule is C1CCNC1.OCCO. The van der Waals surface area contributed by atoms with Crippen molar-refractivity contribution in [3.8, 4) is 0 Å². The number of aliphatic hydroxyl groups excluding tert-OH is 2. The molecule has 3 nitrogen and oxygen atoms in total. The van der Waals surface area contributed by atoms with Gasteiger partial charge in [-0.2, -0.15) is 0 Å². The second-order valence-corrected chi connectivity index (χ2v) is 1.90. The van der Waals surface area contributed by atoms with Crippen molar-refractivity contribution < 1.29 is 10.2 Å². The molecule has 0 aliphatic carbocycles. The van der Waals surface area contributed by atoms with Crippen LogP contribution in [0, 0.1) is 0 Å². The summed E-state index contributed by atoms with van der Waals surface area (Å²) in [7, 11) is 0. The summed E-state index contributed by atoms with van der Waals surface area (Å²) in [6, 6.07) is 0. The van der Waals surface area contributed by atoms with Crippen LogP contribution in [0.1, 0.15) is 12.8 Å². The van der Waals surface area contributed by atoms with Gasteiger partial charge in [0.15, 0.2) is 0 Å². The highest BCUT2D eigenvalue weighted by Crippen LogP contribution is 1.90. The third-order valence-electron chi connectivity index (χ3n) is 1.06. The highest BCUT2D eigenvalue weighted by molar-refractivity contribution is 4.55. The molecule has 0 spiro atoms. The first-order valence-corrected chi connectivity index (χ1v) is 3.34. The molecule has 0 radical (unpaired) electrons. The van der Waals surface area contributed by atoms with E-state index in [9.17, 15) is 0 Å². The summed E-state index contributed by atoms with van der Waals surface area (Å²) >= 11 is 0. The lowest BCUT2D eigenvalue weighted by molar-refractivity contribution is 0.186. The van der Waals surface area contributed by atoms with Gasteiger partial charge >= 0.3 is 0 Å². The standard InChI is InChI=1S/C4H9N.C2H6O2/c1-2-4-5-3-1;3-1-2-4/h5H,1-4H2;3-4H,1-2H2. The van der Waals surface area contributed by atoms with Crippen molar-refractivity contribution in [1.82, 2.24) is 5.32 Å². The van der Waals surface area contributed by atoms with Gasteiger partial charge in [0, 0.05) is 0 Å². The van der Waals surface area contributed by atoms with Crippen LogP contribution in [-0.2, 0) is 0 Å². The van der Waals surface area contributed by atoms with Gasteiger partial charge in [-0.25, -0.2) is 0 Å². The third kappa shape index (κ3) is 7.88. The van der Waals surface area contributed by atoms with Gasteiger partial charge in [-0.05, 0) is 25.9 Å². The largest absolute Gasteiger partial charge is 0.394 e. The molecular weight excluding hydrogens is 118 g/mol. The Kier molecular flexibility index (Phi) is 7.77. The fraction of sp³-hybridized carbons (Fsp3) is 1.00. The highest BCUT2D eigenvalue weighted by Gasteiger charge is 1.93. The number of hydrogen-bond acceptors (Lipinski definition) is 3.